The van der Waals surface area contributed by atoms with E-state index in [-0.39, 0.29) is 16.7 Å². The number of ketones is 2. The number of Topliss-reactive ketones (excluding diaryl/α,β-unsaturated/α-hetero) is 1. The Morgan fingerprint density at radius 1 is 0.983 bits per heavy atom. The van der Waals surface area contributed by atoms with Gasteiger partial charge in [0.25, 0.3) is 0 Å². The second kappa shape index (κ2) is 15.6. The Morgan fingerprint density at radius 2 is 1.81 bits per heavy atom. The van der Waals surface area contributed by atoms with Crippen LogP contribution in [0.3, 0.4) is 0 Å². The van der Waals surface area contributed by atoms with Gasteiger partial charge < -0.3 is 13.3 Å². The van der Waals surface area contributed by atoms with Crippen molar-refractivity contribution in [3.63, 3.8) is 0 Å². The molecule has 302 valence electrons. The zero-order valence-corrected chi connectivity index (χ0v) is 34.2. The maximum atomic E-state index is 14.6. The van der Waals surface area contributed by atoms with Crippen molar-refractivity contribution < 1.29 is 27.1 Å². The first-order valence-electron chi connectivity index (χ1n) is 21.8. The molecule has 3 fully saturated rings. The number of hydrogen-bond acceptors (Lipinski definition) is 5. The van der Waals surface area contributed by atoms with E-state index in [2.05, 4.69) is 26.0 Å². The first kappa shape index (κ1) is 39.0. The van der Waals surface area contributed by atoms with E-state index in [1.165, 1.54) is 11.8 Å². The molecule has 9 rings (SSSR count). The number of hydrogen-bond donors (Lipinski definition) is 0. The van der Waals surface area contributed by atoms with Gasteiger partial charge in [-0.25, -0.2) is 4.99 Å². The number of rotatable bonds is 13. The summed E-state index contributed by atoms with van der Waals surface area (Å²) in [5.74, 6) is 3.82. The summed E-state index contributed by atoms with van der Waals surface area (Å²) in [4.78, 5) is 30.4. The van der Waals surface area contributed by atoms with E-state index in [1.807, 2.05) is 48.6 Å². The van der Waals surface area contributed by atoms with Crippen LogP contribution >= 0.6 is 0 Å². The molecule has 4 aliphatic carbocycles. The maximum absolute atomic E-state index is 14.6. The molecule has 0 saturated heterocycles. The molecule has 0 amide bonds. The standard InChI is InChI=1S/C49H55BF2N2O4/c1-31(55)37-18-19-38-47-33(26-34-27-35(56)20-23-48(34,2)39(47)21-24-49(37,38)3)16-10-7-5-4-6-8-13-17-36(43-30-46-42(22-25-57-46)54(43)50(51)52)40-28-45-41(53-40)29-44(58-45)32-14-11-9-12-15-32/h7,9-12,14-15,22,25,27-30,33,37-39,47H,4-6,8,13,16-21,23-24,26H2,1-3H3/b10-7+,40-36+/t33-,37-,38+,39+,47+,48+,49-/m1/s1. The minimum absolute atomic E-state index is 0.0947. The summed E-state index contributed by atoms with van der Waals surface area (Å²) >= 11 is 0. The molecule has 0 bridgehead atoms. The predicted octanol–water partition coefficient (Wildman–Crippen LogP) is 11.3. The summed E-state index contributed by atoms with van der Waals surface area (Å²) in [6, 6.07) is 15.1. The van der Waals surface area contributed by atoms with Crippen LogP contribution in [0.4, 0.5) is 8.63 Å². The van der Waals surface area contributed by atoms with Crippen LogP contribution in [0.25, 0.3) is 34.1 Å². The van der Waals surface area contributed by atoms with Crippen molar-refractivity contribution in [3.8, 4) is 11.3 Å². The number of halogens is 2. The normalized spacial score (nSPS) is 29.7. The second-order valence-electron chi connectivity index (χ2n) is 18.4. The Kier molecular flexibility index (Phi) is 10.5. The fourth-order valence-electron chi connectivity index (χ4n) is 12.5. The van der Waals surface area contributed by atoms with Crippen LogP contribution in [0.2, 0.25) is 0 Å². The molecule has 3 saturated carbocycles. The van der Waals surface area contributed by atoms with Crippen LogP contribution in [0.1, 0.15) is 116 Å². The quantitative estimate of drug-likeness (QED) is 0.0768. The first-order chi connectivity index (χ1) is 28.0. The fraction of sp³-hybridized carbons (Fsp3) is 0.490. The molecule has 5 aliphatic rings. The lowest BCUT2D eigenvalue weighted by molar-refractivity contribution is -0.130. The van der Waals surface area contributed by atoms with Gasteiger partial charge >= 0.3 is 7.40 Å². The highest BCUT2D eigenvalue weighted by Gasteiger charge is 2.61. The predicted molar refractivity (Wildman–Crippen MR) is 225 cm³/mol. The number of aromatic nitrogens is 1. The number of allylic oxidation sites excluding steroid dienone is 5. The lowest BCUT2D eigenvalue weighted by Crippen LogP contribution is -2.54. The molecule has 4 heterocycles. The van der Waals surface area contributed by atoms with Crippen LogP contribution in [0.15, 0.2) is 98.1 Å². The largest absolute Gasteiger partial charge is 0.678 e. The Labute approximate surface area is 340 Å². The third-order valence-electron chi connectivity index (χ3n) is 15.4. The molecule has 1 aliphatic heterocycles. The molecule has 58 heavy (non-hydrogen) atoms. The number of fused-ring (bicyclic) bond motifs is 7. The van der Waals surface area contributed by atoms with E-state index in [1.54, 1.807) is 19.1 Å². The smallest absolute Gasteiger partial charge is 0.463 e. The van der Waals surface area contributed by atoms with Crippen molar-refractivity contribution in [2.45, 2.75) is 111 Å². The molecular weight excluding hydrogens is 729 g/mol. The SMILES string of the molecule is CC(=O)[C@H]1CC[C@H]2[C@@H]3[C@H](C/C=C/CCCCCC/C(=C4/C=c5oc(-c6ccccc6)cc5=N4)c4cc5occc5n4B(F)F)CC4=CC(=O)CC[C@]4(C)[C@H]3CC[C@]12C. The van der Waals surface area contributed by atoms with Crippen molar-refractivity contribution in [3.05, 3.63) is 101 Å². The lowest BCUT2D eigenvalue weighted by atomic mass is 9.44. The van der Waals surface area contributed by atoms with Crippen LogP contribution in [0, 0.1) is 40.4 Å². The Morgan fingerprint density at radius 3 is 2.60 bits per heavy atom. The van der Waals surface area contributed by atoms with Crippen molar-refractivity contribution >= 4 is 41.7 Å². The number of carbonyl (C=O) groups excluding carboxylic acids is 2. The third kappa shape index (κ3) is 6.84. The van der Waals surface area contributed by atoms with Crippen LogP contribution in [0.5, 0.6) is 0 Å². The molecule has 9 heteroatoms. The Balaban J connectivity index is 0.855. The van der Waals surface area contributed by atoms with Gasteiger partial charge in [-0.2, -0.15) is 0 Å². The van der Waals surface area contributed by atoms with Crippen molar-refractivity contribution in [1.82, 2.24) is 4.48 Å². The van der Waals surface area contributed by atoms with Crippen molar-refractivity contribution in [2.75, 3.05) is 0 Å². The summed E-state index contributed by atoms with van der Waals surface area (Å²) in [6.45, 7) is 6.67. The molecule has 0 N–H and O–H groups in total. The van der Waals surface area contributed by atoms with Crippen LogP contribution < -0.4 is 10.8 Å². The second-order valence-corrected chi connectivity index (χ2v) is 18.4. The van der Waals surface area contributed by atoms with Gasteiger partial charge in [-0.15, -0.1) is 0 Å². The maximum Gasteiger partial charge on any atom is 0.678 e. The Hall–Kier alpha value is -4.53. The molecular formula is C49H55BF2N2O4. The van der Waals surface area contributed by atoms with Gasteiger partial charge in [0.2, 0.25) is 0 Å². The van der Waals surface area contributed by atoms with Crippen LogP contribution in [-0.4, -0.2) is 23.4 Å². The molecule has 0 radical (unpaired) electrons. The van der Waals surface area contributed by atoms with Crippen LogP contribution in [-0.2, 0) is 9.59 Å². The van der Waals surface area contributed by atoms with E-state index in [4.69, 9.17) is 13.8 Å². The number of carbonyl (C=O) groups is 2. The van der Waals surface area contributed by atoms with Gasteiger partial charge in [-0.3, -0.25) is 18.2 Å². The van der Waals surface area contributed by atoms with Crippen molar-refractivity contribution in [2.24, 2.45) is 45.4 Å². The topological polar surface area (TPSA) is 77.7 Å². The zero-order valence-electron chi connectivity index (χ0n) is 34.2. The number of furan rings is 2. The average Bonchev–Trinajstić information content (AvgIpc) is 4.02. The molecule has 1 aromatic carbocycles. The molecule has 0 unspecified atom stereocenters. The summed E-state index contributed by atoms with van der Waals surface area (Å²) in [7, 11) is -2.72. The van der Waals surface area contributed by atoms with E-state index in [9.17, 15) is 18.2 Å². The van der Waals surface area contributed by atoms with Gasteiger partial charge in [0.05, 0.1) is 17.5 Å². The molecule has 4 aromatic rings. The van der Waals surface area contributed by atoms with Gasteiger partial charge in [0.1, 0.15) is 16.9 Å². The van der Waals surface area contributed by atoms with Gasteiger partial charge in [0.15, 0.2) is 16.8 Å². The Bertz CT molecular complexity index is 2400. The summed E-state index contributed by atoms with van der Waals surface area (Å²) in [5.41, 5.74) is 5.86. The van der Waals surface area contributed by atoms with E-state index in [0.717, 1.165) is 98.4 Å². The number of unbranched alkanes of at least 4 members (excludes halogenated alkanes) is 4. The summed E-state index contributed by atoms with van der Waals surface area (Å²) < 4.78 is 42.0. The zero-order chi connectivity index (χ0) is 40.2. The van der Waals surface area contributed by atoms with Gasteiger partial charge in [0, 0.05) is 47.4 Å². The average molecular weight is 785 g/mol. The fourth-order valence-corrected chi connectivity index (χ4v) is 12.5. The number of benzene rings is 1. The monoisotopic (exact) mass is 784 g/mol. The minimum atomic E-state index is -2.72. The van der Waals surface area contributed by atoms with E-state index < -0.39 is 7.40 Å². The molecule has 3 aromatic heterocycles. The van der Waals surface area contributed by atoms with Crippen molar-refractivity contribution in [1.29, 1.82) is 0 Å². The number of nitrogens with zero attached hydrogens (tertiary/aromatic N) is 2. The lowest BCUT2D eigenvalue weighted by Gasteiger charge is -2.60. The summed E-state index contributed by atoms with van der Waals surface area (Å²) in [5, 5.41) is 0.708. The highest BCUT2D eigenvalue weighted by atomic mass is 19.2. The highest BCUT2D eigenvalue weighted by molar-refractivity contribution is 6.43. The van der Waals surface area contributed by atoms with Gasteiger partial charge in [-0.05, 0) is 124 Å². The first-order valence-corrected chi connectivity index (χ1v) is 21.8. The highest BCUT2D eigenvalue weighted by Crippen LogP contribution is 2.68. The summed E-state index contributed by atoms with van der Waals surface area (Å²) in [6.07, 6.45) is 23.7. The molecule has 6 nitrogen and oxygen atoms in total. The van der Waals surface area contributed by atoms with E-state index >= 15 is 0 Å². The van der Waals surface area contributed by atoms with Gasteiger partial charge in [-0.1, -0.05) is 74.7 Å². The van der Waals surface area contributed by atoms with E-state index in [0.29, 0.717) is 81.3 Å². The molecule has 7 atom stereocenters. The third-order valence-corrected chi connectivity index (χ3v) is 15.4. The minimum Gasteiger partial charge on any atom is -0.463 e. The molecule has 0 spiro atoms.